The maximum Gasteiger partial charge on any atom is 0.136 e. The predicted molar refractivity (Wildman–Crippen MR) is 35.5 cm³/mol. The summed E-state index contributed by atoms with van der Waals surface area (Å²) in [7, 11) is 0. The van der Waals surface area contributed by atoms with E-state index in [2.05, 4.69) is 0 Å². The zero-order chi connectivity index (χ0) is 7.14. The molecule has 2 rings (SSSR count). The number of rotatable bonds is 0. The molecular formula is C8H10O2. The molecule has 0 radical (unpaired) electrons. The van der Waals surface area contributed by atoms with Crippen molar-refractivity contribution >= 4 is 11.6 Å². The molecule has 0 amide bonds. The van der Waals surface area contributed by atoms with E-state index in [1.165, 1.54) is 0 Å². The van der Waals surface area contributed by atoms with Gasteiger partial charge in [0.2, 0.25) is 0 Å². The number of hydrogen-bond donors (Lipinski definition) is 0. The first-order valence-electron chi connectivity index (χ1n) is 3.82. The van der Waals surface area contributed by atoms with Crippen molar-refractivity contribution in [2.75, 3.05) is 0 Å². The molecule has 0 spiro atoms. The van der Waals surface area contributed by atoms with Crippen molar-refractivity contribution in [3.8, 4) is 0 Å². The average Bonchev–Trinajstić information content (AvgIpc) is 2.35. The SMILES string of the molecule is O=C1C[C@H]2CCC(=O)[C@H]2C1. The maximum atomic E-state index is 11.0. The van der Waals surface area contributed by atoms with Gasteiger partial charge >= 0.3 is 0 Å². The third kappa shape index (κ3) is 0.713. The first-order valence-corrected chi connectivity index (χ1v) is 3.82. The van der Waals surface area contributed by atoms with E-state index in [-0.39, 0.29) is 5.92 Å². The highest BCUT2D eigenvalue weighted by Gasteiger charge is 2.41. The van der Waals surface area contributed by atoms with E-state index in [9.17, 15) is 9.59 Å². The van der Waals surface area contributed by atoms with Gasteiger partial charge in [-0.1, -0.05) is 0 Å². The Morgan fingerprint density at radius 1 is 1.20 bits per heavy atom. The van der Waals surface area contributed by atoms with Crippen LogP contribution in [0.2, 0.25) is 0 Å². The van der Waals surface area contributed by atoms with Crippen LogP contribution >= 0.6 is 0 Å². The molecule has 0 saturated heterocycles. The summed E-state index contributed by atoms with van der Waals surface area (Å²) in [6.45, 7) is 0. The van der Waals surface area contributed by atoms with Crippen molar-refractivity contribution in [3.05, 3.63) is 0 Å². The molecule has 10 heavy (non-hydrogen) atoms. The Balaban J connectivity index is 2.19. The standard InChI is InChI=1S/C8H10O2/c9-6-3-5-1-2-8(10)7(5)4-6/h5,7H,1-4H2/t5-,7+/m1/s1. The van der Waals surface area contributed by atoms with E-state index in [0.29, 0.717) is 30.3 Å². The second-order valence-electron chi connectivity index (χ2n) is 3.32. The Morgan fingerprint density at radius 2 is 2.00 bits per heavy atom. The largest absolute Gasteiger partial charge is 0.300 e. The van der Waals surface area contributed by atoms with Crippen molar-refractivity contribution in [2.45, 2.75) is 25.7 Å². The molecule has 0 N–H and O–H groups in total. The molecule has 0 heterocycles. The van der Waals surface area contributed by atoms with Crippen LogP contribution in [-0.2, 0) is 9.59 Å². The Labute approximate surface area is 59.6 Å². The first kappa shape index (κ1) is 6.08. The fourth-order valence-corrected chi connectivity index (χ4v) is 2.12. The summed E-state index contributed by atoms with van der Waals surface area (Å²) in [6.07, 6.45) is 2.91. The Morgan fingerprint density at radius 3 is 2.70 bits per heavy atom. The summed E-state index contributed by atoms with van der Waals surface area (Å²) in [5, 5.41) is 0. The van der Waals surface area contributed by atoms with Crippen LogP contribution in [0.3, 0.4) is 0 Å². The predicted octanol–water partition coefficient (Wildman–Crippen LogP) is 0.945. The Hall–Kier alpha value is -0.660. The topological polar surface area (TPSA) is 34.1 Å². The molecule has 2 aliphatic rings. The summed E-state index contributed by atoms with van der Waals surface area (Å²) in [5.41, 5.74) is 0. The lowest BCUT2D eigenvalue weighted by Crippen LogP contribution is -2.07. The molecule has 2 nitrogen and oxygen atoms in total. The van der Waals surface area contributed by atoms with Crippen LogP contribution in [0, 0.1) is 11.8 Å². The minimum atomic E-state index is 0.132. The van der Waals surface area contributed by atoms with Gasteiger partial charge in [0.15, 0.2) is 0 Å². The van der Waals surface area contributed by atoms with Crippen molar-refractivity contribution in [3.63, 3.8) is 0 Å². The quantitative estimate of drug-likeness (QED) is 0.499. The Kier molecular flexibility index (Phi) is 1.16. The maximum absolute atomic E-state index is 11.0. The van der Waals surface area contributed by atoms with Crippen molar-refractivity contribution in [1.29, 1.82) is 0 Å². The van der Waals surface area contributed by atoms with Crippen LogP contribution in [0.15, 0.2) is 0 Å². The van der Waals surface area contributed by atoms with Crippen molar-refractivity contribution in [2.24, 2.45) is 11.8 Å². The van der Waals surface area contributed by atoms with E-state index < -0.39 is 0 Å². The highest BCUT2D eigenvalue weighted by atomic mass is 16.1. The minimum Gasteiger partial charge on any atom is -0.300 e. The molecule has 2 saturated carbocycles. The van der Waals surface area contributed by atoms with Gasteiger partial charge in [-0.25, -0.2) is 0 Å². The lowest BCUT2D eigenvalue weighted by molar-refractivity contribution is -0.123. The summed E-state index contributed by atoms with van der Waals surface area (Å²) < 4.78 is 0. The van der Waals surface area contributed by atoms with Crippen LogP contribution in [0.4, 0.5) is 0 Å². The Bertz CT molecular complexity index is 195. The van der Waals surface area contributed by atoms with Gasteiger partial charge in [0.1, 0.15) is 11.6 Å². The van der Waals surface area contributed by atoms with Gasteiger partial charge < -0.3 is 0 Å². The normalized spacial score (nSPS) is 38.8. The van der Waals surface area contributed by atoms with Crippen LogP contribution < -0.4 is 0 Å². The van der Waals surface area contributed by atoms with Gasteiger partial charge in [0, 0.05) is 25.2 Å². The fourth-order valence-electron chi connectivity index (χ4n) is 2.12. The van der Waals surface area contributed by atoms with Gasteiger partial charge in [-0.2, -0.15) is 0 Å². The average molecular weight is 138 g/mol. The molecular weight excluding hydrogens is 128 g/mol. The van der Waals surface area contributed by atoms with E-state index in [1.54, 1.807) is 0 Å². The molecule has 0 aromatic heterocycles. The van der Waals surface area contributed by atoms with Crippen molar-refractivity contribution in [1.82, 2.24) is 0 Å². The second-order valence-corrected chi connectivity index (χ2v) is 3.32. The number of ketones is 2. The van der Waals surface area contributed by atoms with Gasteiger partial charge in [0.05, 0.1) is 0 Å². The number of Topliss-reactive ketones (excluding diaryl/α,β-unsaturated/α-hetero) is 2. The summed E-state index contributed by atoms with van der Waals surface area (Å²) in [4.78, 5) is 21.9. The third-order valence-corrected chi connectivity index (χ3v) is 2.68. The highest BCUT2D eigenvalue weighted by Crippen LogP contribution is 2.39. The molecule has 0 bridgehead atoms. The molecule has 0 unspecified atom stereocenters. The lowest BCUT2D eigenvalue weighted by atomic mass is 10.0. The summed E-state index contributed by atoms with van der Waals surface area (Å²) in [6, 6.07) is 0. The molecule has 2 aliphatic carbocycles. The smallest absolute Gasteiger partial charge is 0.136 e. The van der Waals surface area contributed by atoms with Crippen LogP contribution in [0.5, 0.6) is 0 Å². The molecule has 2 atom stereocenters. The number of carbonyl (C=O) groups is 2. The molecule has 0 aromatic carbocycles. The van der Waals surface area contributed by atoms with Gasteiger partial charge in [-0.3, -0.25) is 9.59 Å². The lowest BCUT2D eigenvalue weighted by Gasteiger charge is -2.01. The first-order chi connectivity index (χ1) is 4.77. The van der Waals surface area contributed by atoms with Crippen LogP contribution in [0.1, 0.15) is 25.7 Å². The number of carbonyl (C=O) groups excluding carboxylic acids is 2. The van der Waals surface area contributed by atoms with Gasteiger partial charge in [0.25, 0.3) is 0 Å². The monoisotopic (exact) mass is 138 g/mol. The molecule has 0 aliphatic heterocycles. The molecule has 2 fully saturated rings. The molecule has 2 heteroatoms. The van der Waals surface area contributed by atoms with Crippen LogP contribution in [0.25, 0.3) is 0 Å². The zero-order valence-corrected chi connectivity index (χ0v) is 5.80. The van der Waals surface area contributed by atoms with Crippen molar-refractivity contribution < 1.29 is 9.59 Å². The molecule has 54 valence electrons. The van der Waals surface area contributed by atoms with E-state index in [1.807, 2.05) is 0 Å². The minimum absolute atomic E-state index is 0.132. The van der Waals surface area contributed by atoms with Gasteiger partial charge in [-0.05, 0) is 12.3 Å². The number of fused-ring (bicyclic) bond motifs is 1. The van der Waals surface area contributed by atoms with Crippen LogP contribution in [-0.4, -0.2) is 11.6 Å². The second kappa shape index (κ2) is 1.91. The summed E-state index contributed by atoms with van der Waals surface area (Å²) in [5.74, 6) is 1.19. The summed E-state index contributed by atoms with van der Waals surface area (Å²) >= 11 is 0. The number of hydrogen-bond acceptors (Lipinski definition) is 2. The van der Waals surface area contributed by atoms with E-state index in [0.717, 1.165) is 12.8 Å². The molecule has 0 aromatic rings. The van der Waals surface area contributed by atoms with Gasteiger partial charge in [-0.15, -0.1) is 0 Å². The third-order valence-electron chi connectivity index (χ3n) is 2.68. The zero-order valence-electron chi connectivity index (χ0n) is 5.80. The fraction of sp³-hybridized carbons (Fsp3) is 0.750. The van der Waals surface area contributed by atoms with E-state index >= 15 is 0 Å². The highest BCUT2D eigenvalue weighted by molar-refractivity contribution is 5.93. The van der Waals surface area contributed by atoms with E-state index in [4.69, 9.17) is 0 Å².